The molecule has 1 saturated heterocycles. The van der Waals surface area contributed by atoms with E-state index in [1.807, 2.05) is 0 Å². The molecule has 0 bridgehead atoms. The van der Waals surface area contributed by atoms with Crippen LogP contribution in [0.15, 0.2) is 0 Å². The molecule has 0 spiro atoms. The fraction of sp³-hybridized carbons (Fsp3) is 1.00. The van der Waals surface area contributed by atoms with Crippen LogP contribution in [0.25, 0.3) is 0 Å². The molecule has 2 unspecified atom stereocenters. The van der Waals surface area contributed by atoms with E-state index in [1.54, 1.807) is 0 Å². The first-order chi connectivity index (χ1) is 9.33. The van der Waals surface area contributed by atoms with Crippen molar-refractivity contribution >= 4 is 0 Å². The van der Waals surface area contributed by atoms with Gasteiger partial charge >= 0.3 is 0 Å². The number of nitrogens with zero attached hydrogens (tertiary/aromatic N) is 1. The van der Waals surface area contributed by atoms with E-state index in [2.05, 4.69) is 44.8 Å². The molecule has 1 saturated carbocycles. The van der Waals surface area contributed by atoms with Crippen LogP contribution in [-0.2, 0) is 4.74 Å². The van der Waals surface area contributed by atoms with Gasteiger partial charge in [0.25, 0.3) is 0 Å². The zero-order valence-corrected chi connectivity index (χ0v) is 14.2. The van der Waals surface area contributed by atoms with Gasteiger partial charge in [-0.2, -0.15) is 0 Å². The summed E-state index contributed by atoms with van der Waals surface area (Å²) in [6.45, 7) is 14.4. The predicted octanol–water partition coefficient (Wildman–Crippen LogP) is 3.19. The maximum Gasteiger partial charge on any atom is 0.0760 e. The number of nitrogens with one attached hydrogen (secondary N) is 1. The SMILES string of the molecule is CCNC1CCCCCC1N1CC(C)(C)OC(C)(C)C1. The first-order valence-corrected chi connectivity index (χ1v) is 8.51. The molecule has 0 radical (unpaired) electrons. The Balaban J connectivity index is 2.13. The lowest BCUT2D eigenvalue weighted by atomic mass is 9.93. The van der Waals surface area contributed by atoms with E-state index in [1.165, 1.54) is 32.1 Å². The minimum atomic E-state index is -0.0369. The minimum absolute atomic E-state index is 0.0369. The van der Waals surface area contributed by atoms with Gasteiger partial charge in [0.15, 0.2) is 0 Å². The maximum atomic E-state index is 6.25. The first-order valence-electron chi connectivity index (χ1n) is 8.51. The van der Waals surface area contributed by atoms with Crippen LogP contribution in [-0.4, -0.2) is 47.8 Å². The van der Waals surface area contributed by atoms with Gasteiger partial charge in [0.1, 0.15) is 0 Å². The Morgan fingerprint density at radius 1 is 1.00 bits per heavy atom. The topological polar surface area (TPSA) is 24.5 Å². The zero-order valence-electron chi connectivity index (χ0n) is 14.2. The van der Waals surface area contributed by atoms with Crippen LogP contribution in [0.1, 0.15) is 66.7 Å². The van der Waals surface area contributed by atoms with Crippen LogP contribution >= 0.6 is 0 Å². The molecule has 118 valence electrons. The van der Waals surface area contributed by atoms with E-state index in [0.29, 0.717) is 12.1 Å². The number of likely N-dealkylation sites (N-methyl/N-ethyl adjacent to an activating group) is 1. The lowest BCUT2D eigenvalue weighted by molar-refractivity contribution is -0.189. The van der Waals surface area contributed by atoms with Gasteiger partial charge in [0.2, 0.25) is 0 Å². The number of rotatable bonds is 3. The van der Waals surface area contributed by atoms with Crippen LogP contribution in [0.2, 0.25) is 0 Å². The second-order valence-electron chi connectivity index (χ2n) is 7.90. The second kappa shape index (κ2) is 6.33. The summed E-state index contributed by atoms with van der Waals surface area (Å²) in [4.78, 5) is 2.71. The summed E-state index contributed by atoms with van der Waals surface area (Å²) in [5.41, 5.74) is -0.0738. The number of hydrogen-bond donors (Lipinski definition) is 1. The van der Waals surface area contributed by atoms with E-state index in [4.69, 9.17) is 4.74 Å². The summed E-state index contributed by atoms with van der Waals surface area (Å²) in [7, 11) is 0. The highest BCUT2D eigenvalue weighted by atomic mass is 16.5. The van der Waals surface area contributed by atoms with Crippen molar-refractivity contribution in [3.8, 4) is 0 Å². The second-order valence-corrected chi connectivity index (χ2v) is 7.90. The Bertz CT molecular complexity index is 298. The molecule has 1 aliphatic carbocycles. The van der Waals surface area contributed by atoms with Crippen LogP contribution in [0, 0.1) is 0 Å². The highest BCUT2D eigenvalue weighted by Gasteiger charge is 2.42. The molecule has 1 aliphatic heterocycles. The first kappa shape index (κ1) is 16.3. The largest absolute Gasteiger partial charge is 0.367 e. The number of hydrogen-bond acceptors (Lipinski definition) is 3. The standard InChI is InChI=1S/C17H34N2O/c1-6-18-14-10-8-7-9-11-15(14)19-12-16(2,3)20-17(4,5)13-19/h14-15,18H,6-13H2,1-5H3. The molecule has 0 amide bonds. The third kappa shape index (κ3) is 4.19. The molecule has 2 fully saturated rings. The Labute approximate surface area is 125 Å². The molecule has 3 heteroatoms. The van der Waals surface area contributed by atoms with E-state index in [9.17, 15) is 0 Å². The van der Waals surface area contributed by atoms with Crippen molar-refractivity contribution in [3.63, 3.8) is 0 Å². The molecule has 0 aromatic heterocycles. The third-order valence-electron chi connectivity index (χ3n) is 4.64. The number of morpholine rings is 1. The van der Waals surface area contributed by atoms with Crippen LogP contribution in [0.4, 0.5) is 0 Å². The Morgan fingerprint density at radius 2 is 1.60 bits per heavy atom. The molecule has 3 nitrogen and oxygen atoms in total. The zero-order chi connectivity index (χ0) is 14.8. The molecule has 2 atom stereocenters. The van der Waals surface area contributed by atoms with E-state index in [0.717, 1.165) is 19.6 Å². The van der Waals surface area contributed by atoms with Crippen molar-refractivity contribution in [2.75, 3.05) is 19.6 Å². The average molecular weight is 282 g/mol. The Hall–Kier alpha value is -0.120. The van der Waals surface area contributed by atoms with E-state index in [-0.39, 0.29) is 11.2 Å². The molecule has 0 aromatic rings. The normalized spacial score (nSPS) is 34.6. The van der Waals surface area contributed by atoms with Crippen molar-refractivity contribution in [2.45, 2.75) is 90.0 Å². The molecule has 1 heterocycles. The fourth-order valence-electron chi connectivity index (χ4n) is 4.31. The van der Waals surface area contributed by atoms with Gasteiger partial charge < -0.3 is 10.1 Å². The Kier molecular flexibility index (Phi) is 5.14. The molecule has 1 N–H and O–H groups in total. The van der Waals surface area contributed by atoms with Crippen molar-refractivity contribution in [1.29, 1.82) is 0 Å². The van der Waals surface area contributed by atoms with Crippen LogP contribution in [0.5, 0.6) is 0 Å². The predicted molar refractivity (Wildman–Crippen MR) is 85.2 cm³/mol. The molecule has 0 aromatic carbocycles. The third-order valence-corrected chi connectivity index (χ3v) is 4.64. The van der Waals surface area contributed by atoms with Crippen molar-refractivity contribution < 1.29 is 4.74 Å². The maximum absolute atomic E-state index is 6.25. The minimum Gasteiger partial charge on any atom is -0.367 e. The van der Waals surface area contributed by atoms with Gasteiger partial charge in [0.05, 0.1) is 11.2 Å². The average Bonchev–Trinajstić information content (AvgIpc) is 2.51. The smallest absolute Gasteiger partial charge is 0.0760 e. The summed E-state index contributed by atoms with van der Waals surface area (Å²) in [6, 6.07) is 1.34. The summed E-state index contributed by atoms with van der Waals surface area (Å²) in [5, 5.41) is 3.74. The van der Waals surface area contributed by atoms with Gasteiger partial charge in [-0.05, 0) is 47.1 Å². The van der Waals surface area contributed by atoms with Gasteiger partial charge in [-0.3, -0.25) is 4.90 Å². The lowest BCUT2D eigenvalue weighted by Crippen LogP contribution is -2.62. The van der Waals surface area contributed by atoms with Gasteiger partial charge in [-0.25, -0.2) is 0 Å². The van der Waals surface area contributed by atoms with Crippen molar-refractivity contribution in [2.24, 2.45) is 0 Å². The van der Waals surface area contributed by atoms with E-state index >= 15 is 0 Å². The molecular weight excluding hydrogens is 248 g/mol. The summed E-state index contributed by atoms with van der Waals surface area (Å²) in [6.07, 6.45) is 6.83. The quantitative estimate of drug-likeness (QED) is 0.805. The summed E-state index contributed by atoms with van der Waals surface area (Å²) in [5.74, 6) is 0. The summed E-state index contributed by atoms with van der Waals surface area (Å²) < 4.78 is 6.25. The van der Waals surface area contributed by atoms with Crippen molar-refractivity contribution in [3.05, 3.63) is 0 Å². The van der Waals surface area contributed by atoms with Gasteiger partial charge in [0, 0.05) is 25.2 Å². The summed E-state index contributed by atoms with van der Waals surface area (Å²) >= 11 is 0. The molecule has 2 aliphatic rings. The van der Waals surface area contributed by atoms with Gasteiger partial charge in [-0.1, -0.05) is 26.2 Å². The van der Waals surface area contributed by atoms with Crippen molar-refractivity contribution in [1.82, 2.24) is 10.2 Å². The molecular formula is C17H34N2O. The molecule has 20 heavy (non-hydrogen) atoms. The monoisotopic (exact) mass is 282 g/mol. The highest BCUT2D eigenvalue weighted by molar-refractivity contribution is 4.96. The highest BCUT2D eigenvalue weighted by Crippen LogP contribution is 2.32. The Morgan fingerprint density at radius 3 is 2.20 bits per heavy atom. The van der Waals surface area contributed by atoms with Crippen LogP contribution in [0.3, 0.4) is 0 Å². The molecule has 2 rings (SSSR count). The van der Waals surface area contributed by atoms with Gasteiger partial charge in [-0.15, -0.1) is 0 Å². The lowest BCUT2D eigenvalue weighted by Gasteiger charge is -2.51. The number of ether oxygens (including phenoxy) is 1. The fourth-order valence-corrected chi connectivity index (χ4v) is 4.31. The van der Waals surface area contributed by atoms with Crippen LogP contribution < -0.4 is 5.32 Å². The van der Waals surface area contributed by atoms with E-state index < -0.39 is 0 Å².